The van der Waals surface area contributed by atoms with Gasteiger partial charge in [0.25, 0.3) is 0 Å². The van der Waals surface area contributed by atoms with Crippen LogP contribution >= 0.6 is 0 Å². The lowest BCUT2D eigenvalue weighted by Crippen LogP contribution is -2.35. The molecule has 0 atom stereocenters. The molecule has 1 aromatic heterocycles. The quantitative estimate of drug-likeness (QED) is 0.889. The number of hydrogen-bond acceptors (Lipinski definition) is 4. The lowest BCUT2D eigenvalue weighted by atomic mass is 9.90. The lowest BCUT2D eigenvalue weighted by Gasteiger charge is -2.33. The molecule has 0 saturated carbocycles. The average Bonchev–Trinajstić information content (AvgIpc) is 2.46. The minimum atomic E-state index is -0.0245. The van der Waals surface area contributed by atoms with Crippen molar-refractivity contribution in [3.05, 3.63) is 23.4 Å². The third-order valence-corrected chi connectivity index (χ3v) is 4.02. The molecule has 112 valence electrons. The molecule has 1 saturated heterocycles. The summed E-state index contributed by atoms with van der Waals surface area (Å²) >= 11 is 0. The van der Waals surface area contributed by atoms with Crippen LogP contribution in [0.3, 0.4) is 0 Å². The second kappa shape index (κ2) is 6.10. The van der Waals surface area contributed by atoms with Gasteiger partial charge in [-0.05, 0) is 36.5 Å². The fourth-order valence-corrected chi connectivity index (χ4v) is 2.55. The highest BCUT2D eigenvalue weighted by Crippen LogP contribution is 2.27. The summed E-state index contributed by atoms with van der Waals surface area (Å²) in [6.07, 6.45) is 2.01. The van der Waals surface area contributed by atoms with E-state index in [4.69, 9.17) is 4.98 Å². The van der Waals surface area contributed by atoms with E-state index in [9.17, 15) is 10.2 Å². The van der Waals surface area contributed by atoms with Crippen LogP contribution in [0.25, 0.3) is 0 Å². The van der Waals surface area contributed by atoms with Crippen molar-refractivity contribution in [2.24, 2.45) is 5.92 Å². The molecule has 1 aliphatic rings. The molecule has 4 heteroatoms. The normalized spacial score (nSPS) is 17.6. The van der Waals surface area contributed by atoms with Gasteiger partial charge in [0.05, 0.1) is 6.61 Å². The molecule has 2 N–H and O–H groups in total. The van der Waals surface area contributed by atoms with Gasteiger partial charge in [-0.25, -0.2) is 4.98 Å². The van der Waals surface area contributed by atoms with Crippen molar-refractivity contribution in [3.8, 4) is 0 Å². The number of aliphatic hydroxyl groups excluding tert-OH is 2. The highest BCUT2D eigenvalue weighted by Gasteiger charge is 2.22. The van der Waals surface area contributed by atoms with E-state index < -0.39 is 0 Å². The van der Waals surface area contributed by atoms with Gasteiger partial charge in [0.2, 0.25) is 0 Å². The van der Waals surface area contributed by atoms with Crippen molar-refractivity contribution in [2.45, 2.75) is 45.6 Å². The van der Waals surface area contributed by atoms with Crippen molar-refractivity contribution in [3.63, 3.8) is 0 Å². The Morgan fingerprint density at radius 2 is 1.85 bits per heavy atom. The highest BCUT2D eigenvalue weighted by molar-refractivity contribution is 5.44. The third-order valence-electron chi connectivity index (χ3n) is 4.02. The number of rotatable bonds is 3. The van der Waals surface area contributed by atoms with Crippen LogP contribution in [0.1, 0.15) is 44.9 Å². The summed E-state index contributed by atoms with van der Waals surface area (Å²) in [5, 5.41) is 18.7. The van der Waals surface area contributed by atoms with Gasteiger partial charge >= 0.3 is 0 Å². The Labute approximate surface area is 121 Å². The molecule has 0 unspecified atom stereocenters. The molecule has 1 aliphatic heterocycles. The van der Waals surface area contributed by atoms with Gasteiger partial charge in [0.1, 0.15) is 5.82 Å². The van der Waals surface area contributed by atoms with Gasteiger partial charge < -0.3 is 15.1 Å². The predicted octanol–water partition coefficient (Wildman–Crippen LogP) is 2.08. The zero-order valence-electron chi connectivity index (χ0n) is 12.8. The zero-order valence-corrected chi connectivity index (χ0v) is 12.8. The molecule has 0 aromatic carbocycles. The van der Waals surface area contributed by atoms with E-state index in [0.29, 0.717) is 5.92 Å². The van der Waals surface area contributed by atoms with Crippen LogP contribution in [0.5, 0.6) is 0 Å². The van der Waals surface area contributed by atoms with Crippen LogP contribution in [0.4, 0.5) is 5.82 Å². The minimum absolute atomic E-state index is 0.0245. The molecule has 20 heavy (non-hydrogen) atoms. The first kappa shape index (κ1) is 15.3. The van der Waals surface area contributed by atoms with E-state index in [1.807, 2.05) is 12.1 Å². The Kier molecular flexibility index (Phi) is 4.66. The Bertz CT molecular complexity index is 446. The van der Waals surface area contributed by atoms with E-state index in [0.717, 1.165) is 43.0 Å². The average molecular weight is 278 g/mol. The van der Waals surface area contributed by atoms with Gasteiger partial charge in [0.15, 0.2) is 0 Å². The van der Waals surface area contributed by atoms with Crippen LogP contribution in [0.2, 0.25) is 0 Å². The maximum absolute atomic E-state index is 9.45. The largest absolute Gasteiger partial charge is 0.396 e. The summed E-state index contributed by atoms with van der Waals surface area (Å²) in [5.74, 6) is 1.38. The molecule has 1 fully saturated rings. The fraction of sp³-hybridized carbons (Fsp3) is 0.688. The SMILES string of the molecule is CC(C)(C)c1cc(CO)cc(N2CCC(CO)CC2)n1. The zero-order chi connectivity index (χ0) is 14.8. The molecular weight excluding hydrogens is 252 g/mol. The van der Waals surface area contributed by atoms with Crippen molar-refractivity contribution in [1.82, 2.24) is 4.98 Å². The van der Waals surface area contributed by atoms with Crippen LogP contribution in [0.15, 0.2) is 12.1 Å². The van der Waals surface area contributed by atoms with E-state index in [1.165, 1.54) is 0 Å². The van der Waals surface area contributed by atoms with Crippen LogP contribution in [0, 0.1) is 5.92 Å². The van der Waals surface area contributed by atoms with Crippen molar-refractivity contribution in [2.75, 3.05) is 24.6 Å². The van der Waals surface area contributed by atoms with E-state index in [-0.39, 0.29) is 18.6 Å². The van der Waals surface area contributed by atoms with Crippen molar-refractivity contribution >= 4 is 5.82 Å². The van der Waals surface area contributed by atoms with Gasteiger partial charge in [-0.15, -0.1) is 0 Å². The molecule has 0 amide bonds. The lowest BCUT2D eigenvalue weighted by molar-refractivity contribution is 0.202. The van der Waals surface area contributed by atoms with Crippen molar-refractivity contribution < 1.29 is 10.2 Å². The Hall–Kier alpha value is -1.13. The maximum atomic E-state index is 9.45. The number of pyridine rings is 1. The van der Waals surface area contributed by atoms with Gasteiger partial charge in [-0.3, -0.25) is 0 Å². The molecule has 0 radical (unpaired) electrons. The number of anilines is 1. The second-order valence-corrected chi connectivity index (χ2v) is 6.74. The number of piperidine rings is 1. The van der Waals surface area contributed by atoms with Crippen LogP contribution in [-0.2, 0) is 12.0 Å². The molecule has 0 aliphatic carbocycles. The number of aromatic nitrogens is 1. The summed E-state index contributed by atoms with van der Waals surface area (Å²) in [6.45, 7) is 8.60. The predicted molar refractivity (Wildman–Crippen MR) is 80.9 cm³/mol. The third kappa shape index (κ3) is 3.49. The standard InChI is InChI=1S/C16H26N2O2/c1-16(2,3)14-8-13(11-20)9-15(17-14)18-6-4-12(10-19)5-7-18/h8-9,12,19-20H,4-7,10-11H2,1-3H3. The fourth-order valence-electron chi connectivity index (χ4n) is 2.55. The molecule has 2 rings (SSSR count). The summed E-state index contributed by atoms with van der Waals surface area (Å²) in [5.41, 5.74) is 1.91. The molecule has 2 heterocycles. The summed E-state index contributed by atoms with van der Waals surface area (Å²) in [7, 11) is 0. The number of hydrogen-bond donors (Lipinski definition) is 2. The molecule has 0 bridgehead atoms. The van der Waals surface area contributed by atoms with E-state index in [1.54, 1.807) is 0 Å². The topological polar surface area (TPSA) is 56.6 Å². The van der Waals surface area contributed by atoms with Crippen molar-refractivity contribution in [1.29, 1.82) is 0 Å². The van der Waals surface area contributed by atoms with Crippen LogP contribution in [-0.4, -0.2) is 34.9 Å². The Morgan fingerprint density at radius 3 is 2.35 bits per heavy atom. The first-order chi connectivity index (χ1) is 9.44. The van der Waals surface area contributed by atoms with E-state index >= 15 is 0 Å². The van der Waals surface area contributed by atoms with Gasteiger partial charge in [0, 0.05) is 30.8 Å². The van der Waals surface area contributed by atoms with Gasteiger partial charge in [-0.1, -0.05) is 20.8 Å². The first-order valence-electron chi connectivity index (χ1n) is 7.42. The molecule has 1 aromatic rings. The maximum Gasteiger partial charge on any atom is 0.129 e. The second-order valence-electron chi connectivity index (χ2n) is 6.74. The van der Waals surface area contributed by atoms with E-state index in [2.05, 4.69) is 25.7 Å². The Balaban J connectivity index is 2.23. The smallest absolute Gasteiger partial charge is 0.129 e. The summed E-state index contributed by atoms with van der Waals surface area (Å²) < 4.78 is 0. The van der Waals surface area contributed by atoms with Crippen LogP contribution < -0.4 is 4.90 Å². The Morgan fingerprint density at radius 1 is 1.20 bits per heavy atom. The highest BCUT2D eigenvalue weighted by atomic mass is 16.3. The summed E-state index contributed by atoms with van der Waals surface area (Å²) in [4.78, 5) is 7.04. The van der Waals surface area contributed by atoms with Gasteiger partial charge in [-0.2, -0.15) is 0 Å². The molecule has 0 spiro atoms. The number of aliphatic hydroxyl groups is 2. The first-order valence-corrected chi connectivity index (χ1v) is 7.42. The molecular formula is C16H26N2O2. The monoisotopic (exact) mass is 278 g/mol. The molecule has 4 nitrogen and oxygen atoms in total. The summed E-state index contributed by atoms with van der Waals surface area (Å²) in [6, 6.07) is 3.97. The number of nitrogens with zero attached hydrogens (tertiary/aromatic N) is 2. The minimum Gasteiger partial charge on any atom is -0.396 e.